The first-order chi connectivity index (χ1) is 6.66. The van der Waals surface area contributed by atoms with Gasteiger partial charge in [-0.05, 0) is 12.3 Å². The second kappa shape index (κ2) is 3.64. The summed E-state index contributed by atoms with van der Waals surface area (Å²) in [5.74, 6) is 0.480. The molecule has 2 aliphatic rings. The third kappa shape index (κ3) is 1.76. The predicted molar refractivity (Wildman–Crippen MR) is 49.7 cm³/mol. The molecule has 0 amide bonds. The van der Waals surface area contributed by atoms with E-state index in [0.29, 0.717) is 38.5 Å². The van der Waals surface area contributed by atoms with Crippen molar-refractivity contribution in [2.24, 2.45) is 11.8 Å². The van der Waals surface area contributed by atoms with Crippen LogP contribution in [-0.4, -0.2) is 17.3 Å². The zero-order valence-electron chi connectivity index (χ0n) is 8.12. The van der Waals surface area contributed by atoms with E-state index in [2.05, 4.69) is 0 Å². The Bertz CT molecular complexity index is 293. The molecule has 0 aromatic carbocycles. The number of hydrogen-bond acceptors (Lipinski definition) is 3. The average Bonchev–Trinajstić information content (AvgIpc) is 2.44. The minimum atomic E-state index is -0.133. The molecule has 0 heterocycles. The second-order valence-electron chi connectivity index (χ2n) is 4.38. The molecule has 0 aliphatic heterocycles. The molecule has 0 bridgehead atoms. The molecular formula is C11H14O3. The van der Waals surface area contributed by atoms with Gasteiger partial charge in [0.1, 0.15) is 17.3 Å². The number of hydrogen-bond donors (Lipinski definition) is 0. The van der Waals surface area contributed by atoms with Crippen LogP contribution in [0.5, 0.6) is 0 Å². The topological polar surface area (TPSA) is 51.2 Å². The van der Waals surface area contributed by atoms with E-state index in [1.165, 1.54) is 0 Å². The molecule has 2 fully saturated rings. The zero-order valence-corrected chi connectivity index (χ0v) is 8.12. The highest BCUT2D eigenvalue weighted by molar-refractivity contribution is 5.93. The lowest BCUT2D eigenvalue weighted by Crippen LogP contribution is -2.24. The molecule has 0 spiro atoms. The van der Waals surface area contributed by atoms with E-state index in [-0.39, 0.29) is 29.2 Å². The van der Waals surface area contributed by atoms with Crippen molar-refractivity contribution in [3.8, 4) is 0 Å². The van der Waals surface area contributed by atoms with Crippen molar-refractivity contribution in [1.82, 2.24) is 0 Å². The number of carbonyl (C=O) groups excluding carboxylic acids is 3. The summed E-state index contributed by atoms with van der Waals surface area (Å²) in [6.45, 7) is 0. The van der Waals surface area contributed by atoms with Crippen LogP contribution in [0.1, 0.15) is 38.5 Å². The molecule has 3 nitrogen and oxygen atoms in total. The number of rotatable bonds is 0. The van der Waals surface area contributed by atoms with E-state index in [9.17, 15) is 14.4 Å². The van der Waals surface area contributed by atoms with Gasteiger partial charge in [-0.2, -0.15) is 0 Å². The van der Waals surface area contributed by atoms with Crippen molar-refractivity contribution in [3.05, 3.63) is 0 Å². The van der Waals surface area contributed by atoms with Crippen molar-refractivity contribution in [1.29, 1.82) is 0 Å². The highest BCUT2D eigenvalue weighted by atomic mass is 16.1. The van der Waals surface area contributed by atoms with Crippen molar-refractivity contribution in [2.45, 2.75) is 38.5 Å². The predicted octanol–water partition coefficient (Wildman–Crippen LogP) is 1.29. The summed E-state index contributed by atoms with van der Waals surface area (Å²) >= 11 is 0. The number of Topliss-reactive ketones (excluding diaryl/α,β-unsaturated/α-hetero) is 3. The fraction of sp³-hybridized carbons (Fsp3) is 0.727. The Labute approximate surface area is 82.9 Å². The van der Waals surface area contributed by atoms with Crippen LogP contribution in [-0.2, 0) is 14.4 Å². The summed E-state index contributed by atoms with van der Waals surface area (Å²) in [5, 5.41) is 0. The molecule has 2 saturated carbocycles. The Morgan fingerprint density at radius 2 is 1.57 bits per heavy atom. The molecule has 0 radical (unpaired) electrons. The van der Waals surface area contributed by atoms with Crippen molar-refractivity contribution >= 4 is 17.3 Å². The van der Waals surface area contributed by atoms with E-state index >= 15 is 0 Å². The number of ketones is 3. The zero-order chi connectivity index (χ0) is 10.1. The summed E-state index contributed by atoms with van der Waals surface area (Å²) < 4.78 is 0. The molecule has 2 aliphatic carbocycles. The smallest absolute Gasteiger partial charge is 0.136 e. The van der Waals surface area contributed by atoms with Crippen LogP contribution < -0.4 is 0 Å². The highest BCUT2D eigenvalue weighted by Gasteiger charge is 2.39. The molecular weight excluding hydrogens is 180 g/mol. The van der Waals surface area contributed by atoms with Crippen molar-refractivity contribution in [2.75, 3.05) is 0 Å². The molecule has 2 atom stereocenters. The van der Waals surface area contributed by atoms with Crippen LogP contribution in [0, 0.1) is 11.8 Å². The van der Waals surface area contributed by atoms with Gasteiger partial charge >= 0.3 is 0 Å². The first-order valence-electron chi connectivity index (χ1n) is 5.23. The third-order valence-corrected chi connectivity index (χ3v) is 3.29. The standard InChI is InChI=1S/C11H14O3/c12-8-2-1-3-11(14)10-6-9(13)5-7(10)4-8/h7,10H,1-6H2/t7-,10+/m1/s1. The van der Waals surface area contributed by atoms with Crippen LogP contribution in [0.4, 0.5) is 0 Å². The third-order valence-electron chi connectivity index (χ3n) is 3.29. The van der Waals surface area contributed by atoms with Gasteiger partial charge in [0, 0.05) is 38.0 Å². The summed E-state index contributed by atoms with van der Waals surface area (Å²) in [5.41, 5.74) is 0. The second-order valence-corrected chi connectivity index (χ2v) is 4.38. The van der Waals surface area contributed by atoms with E-state index in [1.807, 2.05) is 0 Å². The fourth-order valence-corrected chi connectivity index (χ4v) is 2.56. The lowest BCUT2D eigenvalue weighted by Gasteiger charge is -2.19. The minimum Gasteiger partial charge on any atom is -0.300 e. The molecule has 0 N–H and O–H groups in total. The molecule has 0 aromatic rings. The van der Waals surface area contributed by atoms with Crippen LogP contribution in [0.2, 0.25) is 0 Å². The SMILES string of the molecule is O=C1CCCC(=O)[C@H]2CC(=O)C[C@H]2C1. The molecule has 0 unspecified atom stereocenters. The van der Waals surface area contributed by atoms with Crippen molar-refractivity contribution in [3.63, 3.8) is 0 Å². The Morgan fingerprint density at radius 1 is 0.857 bits per heavy atom. The summed E-state index contributed by atoms with van der Waals surface area (Å²) in [7, 11) is 0. The van der Waals surface area contributed by atoms with Gasteiger partial charge in [0.2, 0.25) is 0 Å². The average molecular weight is 194 g/mol. The van der Waals surface area contributed by atoms with E-state index < -0.39 is 0 Å². The lowest BCUT2D eigenvalue weighted by atomic mass is 9.83. The first kappa shape index (κ1) is 9.56. The maximum absolute atomic E-state index is 11.6. The Kier molecular flexibility index (Phi) is 2.48. The number of carbonyl (C=O) groups is 3. The van der Waals surface area contributed by atoms with Gasteiger partial charge in [0.25, 0.3) is 0 Å². The van der Waals surface area contributed by atoms with Gasteiger partial charge in [0.15, 0.2) is 0 Å². The first-order valence-corrected chi connectivity index (χ1v) is 5.23. The minimum absolute atomic E-state index is 0.0304. The van der Waals surface area contributed by atoms with Gasteiger partial charge in [-0.3, -0.25) is 14.4 Å². The fourth-order valence-electron chi connectivity index (χ4n) is 2.56. The molecule has 76 valence electrons. The largest absolute Gasteiger partial charge is 0.300 e. The normalized spacial score (nSPS) is 33.9. The van der Waals surface area contributed by atoms with Crippen LogP contribution >= 0.6 is 0 Å². The highest BCUT2D eigenvalue weighted by Crippen LogP contribution is 2.35. The van der Waals surface area contributed by atoms with Gasteiger partial charge in [0.05, 0.1) is 0 Å². The maximum atomic E-state index is 11.6. The summed E-state index contributed by atoms with van der Waals surface area (Å²) in [6.07, 6.45) is 2.96. The Hall–Kier alpha value is -0.990. The van der Waals surface area contributed by atoms with Gasteiger partial charge < -0.3 is 0 Å². The molecule has 14 heavy (non-hydrogen) atoms. The van der Waals surface area contributed by atoms with Gasteiger partial charge in [-0.1, -0.05) is 0 Å². The Morgan fingerprint density at radius 3 is 2.36 bits per heavy atom. The quantitative estimate of drug-likeness (QED) is 0.584. The van der Waals surface area contributed by atoms with E-state index in [0.717, 1.165) is 0 Å². The molecule has 3 heteroatoms. The Balaban J connectivity index is 2.15. The molecule has 0 aromatic heterocycles. The van der Waals surface area contributed by atoms with Crippen LogP contribution in [0.3, 0.4) is 0 Å². The molecule has 2 rings (SSSR count). The van der Waals surface area contributed by atoms with Crippen LogP contribution in [0.25, 0.3) is 0 Å². The monoisotopic (exact) mass is 194 g/mol. The van der Waals surface area contributed by atoms with E-state index in [1.54, 1.807) is 0 Å². The summed E-state index contributed by atoms with van der Waals surface area (Å²) in [6, 6.07) is 0. The lowest BCUT2D eigenvalue weighted by molar-refractivity contribution is -0.128. The molecule has 0 saturated heterocycles. The van der Waals surface area contributed by atoms with Gasteiger partial charge in [-0.25, -0.2) is 0 Å². The van der Waals surface area contributed by atoms with Crippen molar-refractivity contribution < 1.29 is 14.4 Å². The van der Waals surface area contributed by atoms with Crippen LogP contribution in [0.15, 0.2) is 0 Å². The maximum Gasteiger partial charge on any atom is 0.136 e. The van der Waals surface area contributed by atoms with E-state index in [4.69, 9.17) is 0 Å². The van der Waals surface area contributed by atoms with Gasteiger partial charge in [-0.15, -0.1) is 0 Å². The number of fused-ring (bicyclic) bond motifs is 1. The summed E-state index contributed by atoms with van der Waals surface area (Å²) in [4.78, 5) is 34.2.